The van der Waals surface area contributed by atoms with Gasteiger partial charge in [0.15, 0.2) is 0 Å². The maximum absolute atomic E-state index is 13.5. The predicted octanol–water partition coefficient (Wildman–Crippen LogP) is 6.96. The fourth-order valence-corrected chi connectivity index (χ4v) is 7.17. The number of alkyl carbamates (subject to hydrolysis) is 1. The molecule has 2 aliphatic rings. The molecule has 0 radical (unpaired) electrons. The number of amides is 2. The number of fused-ring (bicyclic) bond motifs is 1. The number of hydrogen-bond donors (Lipinski definition) is 4. The van der Waals surface area contributed by atoms with Crippen molar-refractivity contribution in [2.24, 2.45) is 5.92 Å². The van der Waals surface area contributed by atoms with E-state index < -0.39 is 24.3 Å². The van der Waals surface area contributed by atoms with E-state index >= 15 is 0 Å². The van der Waals surface area contributed by atoms with Crippen LogP contribution in [-0.4, -0.2) is 67.7 Å². The van der Waals surface area contributed by atoms with Crippen LogP contribution in [0.5, 0.6) is 0 Å². The molecule has 1 aliphatic heterocycles. The van der Waals surface area contributed by atoms with Crippen molar-refractivity contribution in [1.29, 1.82) is 0 Å². The van der Waals surface area contributed by atoms with Crippen LogP contribution in [0.3, 0.4) is 0 Å². The van der Waals surface area contributed by atoms with Crippen molar-refractivity contribution in [2.75, 3.05) is 13.7 Å². The predicted molar refractivity (Wildman–Crippen MR) is 185 cm³/mol. The Morgan fingerprint density at radius 2 is 1.44 bits per heavy atom. The average Bonchev–Trinajstić information content (AvgIpc) is 3.93. The Balaban J connectivity index is 1.06. The molecule has 48 heavy (non-hydrogen) atoms. The summed E-state index contributed by atoms with van der Waals surface area (Å²) in [5, 5.41) is 15.5. The lowest BCUT2D eigenvalue weighted by atomic mass is 9.98. The Kier molecular flexibility index (Phi) is 8.75. The van der Waals surface area contributed by atoms with Gasteiger partial charge >= 0.3 is 6.09 Å². The zero-order valence-corrected chi connectivity index (χ0v) is 27.6. The molecule has 3 aromatic carbocycles. The summed E-state index contributed by atoms with van der Waals surface area (Å²) in [7, 11) is 1.27. The molecule has 5 aromatic rings. The van der Waals surface area contributed by atoms with E-state index in [1.165, 1.54) is 43.6 Å². The standard InChI is InChI=1S/C38H42N6O4/c1-22(2)34(43-38(47)48-3)37(46)44-21-30(45)18-33(44)36-40-19-31(42-36)24-10-8-23(9-11-24)26-12-13-28-17-29(15-14-27(28)16-26)32-20-39-35(41-32)25-6-4-5-7-25/h8-17,19-20,22,25,30,33-34,45H,4-7,18,21H2,1-3H3,(H,39,41)(H,40,42)(H,43,47)/t30-,33-,34-/m0/s1. The fraction of sp³-hybridized carbons (Fsp3) is 0.368. The lowest BCUT2D eigenvalue weighted by Gasteiger charge is -2.29. The van der Waals surface area contributed by atoms with E-state index in [1.807, 2.05) is 20.0 Å². The van der Waals surface area contributed by atoms with E-state index in [0.29, 0.717) is 18.2 Å². The van der Waals surface area contributed by atoms with Gasteiger partial charge in [-0.3, -0.25) is 4.79 Å². The summed E-state index contributed by atoms with van der Waals surface area (Å²) < 4.78 is 4.73. The average molecular weight is 647 g/mol. The number of methoxy groups -OCH3 is 1. The Labute approximate surface area is 280 Å². The van der Waals surface area contributed by atoms with Crippen molar-refractivity contribution in [3.8, 4) is 33.6 Å². The molecule has 1 saturated heterocycles. The first kappa shape index (κ1) is 31.6. The molecule has 10 heteroatoms. The van der Waals surface area contributed by atoms with E-state index in [0.717, 1.165) is 39.5 Å². The first-order valence-corrected chi connectivity index (χ1v) is 16.8. The molecule has 1 saturated carbocycles. The number of carbonyl (C=O) groups is 2. The van der Waals surface area contributed by atoms with Crippen LogP contribution >= 0.6 is 0 Å². The number of aromatic nitrogens is 4. The molecule has 4 N–H and O–H groups in total. The number of rotatable bonds is 8. The number of nitrogens with one attached hydrogen (secondary N) is 3. The van der Waals surface area contributed by atoms with Gasteiger partial charge in [-0.15, -0.1) is 0 Å². The third-order valence-electron chi connectivity index (χ3n) is 9.88. The number of aliphatic hydroxyl groups excluding tert-OH is 1. The zero-order chi connectivity index (χ0) is 33.4. The lowest BCUT2D eigenvalue weighted by Crippen LogP contribution is -2.51. The normalized spacial score (nSPS) is 18.9. The SMILES string of the molecule is COC(=O)N[C@H](C(=O)N1C[C@@H](O)C[C@H]1c1ncc(-c2ccc(-c3ccc4cc(-c5cnc(C6CCCC6)[nH]5)ccc4c3)cc2)[nH]1)C(C)C. The number of likely N-dealkylation sites (tertiary alicyclic amines) is 1. The summed E-state index contributed by atoms with van der Waals surface area (Å²) in [5.41, 5.74) is 6.23. The highest BCUT2D eigenvalue weighted by molar-refractivity contribution is 5.90. The summed E-state index contributed by atoms with van der Waals surface area (Å²) in [6, 6.07) is 20.2. The van der Waals surface area contributed by atoms with Gasteiger partial charge in [0, 0.05) is 24.4 Å². The van der Waals surface area contributed by atoms with E-state index in [4.69, 9.17) is 9.72 Å². The summed E-state index contributed by atoms with van der Waals surface area (Å²) >= 11 is 0. The van der Waals surface area contributed by atoms with Gasteiger partial charge < -0.3 is 30.0 Å². The van der Waals surface area contributed by atoms with E-state index in [-0.39, 0.29) is 18.4 Å². The Morgan fingerprint density at radius 3 is 2.12 bits per heavy atom. The number of aromatic amines is 2. The van der Waals surface area contributed by atoms with Crippen LogP contribution in [0.2, 0.25) is 0 Å². The number of carbonyl (C=O) groups excluding carboxylic acids is 2. The number of H-pyrrole nitrogens is 2. The van der Waals surface area contributed by atoms with Crippen molar-refractivity contribution >= 4 is 22.8 Å². The van der Waals surface area contributed by atoms with Crippen molar-refractivity contribution in [3.63, 3.8) is 0 Å². The number of hydrogen-bond acceptors (Lipinski definition) is 6. The molecule has 7 rings (SSSR count). The number of aliphatic hydroxyl groups is 1. The number of benzene rings is 3. The first-order chi connectivity index (χ1) is 23.3. The van der Waals surface area contributed by atoms with Gasteiger partial charge in [0.2, 0.25) is 5.91 Å². The molecule has 2 aromatic heterocycles. The highest BCUT2D eigenvalue weighted by Crippen LogP contribution is 2.36. The molecule has 10 nitrogen and oxygen atoms in total. The van der Waals surface area contributed by atoms with Crippen LogP contribution in [-0.2, 0) is 9.53 Å². The maximum Gasteiger partial charge on any atom is 0.407 e. The third-order valence-corrected chi connectivity index (χ3v) is 9.88. The summed E-state index contributed by atoms with van der Waals surface area (Å²) in [4.78, 5) is 43.3. The number of nitrogens with zero attached hydrogens (tertiary/aromatic N) is 3. The second-order valence-electron chi connectivity index (χ2n) is 13.5. The van der Waals surface area contributed by atoms with Crippen LogP contribution < -0.4 is 5.32 Å². The molecular weight excluding hydrogens is 604 g/mol. The van der Waals surface area contributed by atoms with Gasteiger partial charge in [-0.2, -0.15) is 0 Å². The smallest absolute Gasteiger partial charge is 0.407 e. The lowest BCUT2D eigenvalue weighted by molar-refractivity contribution is -0.135. The Bertz CT molecular complexity index is 1920. The molecule has 2 fully saturated rings. The largest absolute Gasteiger partial charge is 0.453 e. The minimum atomic E-state index is -0.782. The van der Waals surface area contributed by atoms with E-state index in [9.17, 15) is 14.7 Å². The third kappa shape index (κ3) is 6.32. The monoisotopic (exact) mass is 646 g/mol. The maximum atomic E-state index is 13.5. The molecule has 3 atom stereocenters. The van der Waals surface area contributed by atoms with Crippen LogP contribution in [0.1, 0.15) is 69.6 Å². The molecule has 0 unspecified atom stereocenters. The summed E-state index contributed by atoms with van der Waals surface area (Å²) in [6.07, 6.45) is 7.75. The Morgan fingerprint density at radius 1 is 0.854 bits per heavy atom. The molecule has 3 heterocycles. The van der Waals surface area contributed by atoms with Gasteiger partial charge in [0.1, 0.15) is 17.7 Å². The van der Waals surface area contributed by atoms with Gasteiger partial charge in [-0.05, 0) is 58.4 Å². The summed E-state index contributed by atoms with van der Waals surface area (Å²) in [6.45, 7) is 3.88. The summed E-state index contributed by atoms with van der Waals surface area (Å²) in [5.74, 6) is 1.83. The molecular formula is C38H42N6O4. The minimum absolute atomic E-state index is 0.165. The second kappa shape index (κ2) is 13.3. The van der Waals surface area contributed by atoms with Crippen molar-refractivity contribution < 1.29 is 19.4 Å². The van der Waals surface area contributed by atoms with Crippen LogP contribution in [0, 0.1) is 5.92 Å². The topological polar surface area (TPSA) is 136 Å². The molecule has 0 spiro atoms. The Hall–Kier alpha value is -4.96. The van der Waals surface area contributed by atoms with Gasteiger partial charge in [-0.25, -0.2) is 14.8 Å². The van der Waals surface area contributed by atoms with E-state index in [1.54, 1.807) is 11.1 Å². The van der Waals surface area contributed by atoms with Crippen LogP contribution in [0.15, 0.2) is 73.1 Å². The quantitative estimate of drug-likeness (QED) is 0.144. The fourth-order valence-electron chi connectivity index (χ4n) is 7.17. The molecule has 2 amide bonds. The molecule has 1 aliphatic carbocycles. The first-order valence-electron chi connectivity index (χ1n) is 16.8. The second-order valence-corrected chi connectivity index (χ2v) is 13.5. The molecule has 248 valence electrons. The highest BCUT2D eigenvalue weighted by atomic mass is 16.5. The van der Waals surface area contributed by atoms with Gasteiger partial charge in [-0.1, -0.05) is 75.2 Å². The van der Waals surface area contributed by atoms with Crippen LogP contribution in [0.4, 0.5) is 4.79 Å². The minimum Gasteiger partial charge on any atom is -0.453 e. The van der Waals surface area contributed by atoms with Crippen molar-refractivity contribution in [3.05, 3.63) is 84.7 Å². The van der Waals surface area contributed by atoms with Crippen molar-refractivity contribution in [1.82, 2.24) is 30.2 Å². The van der Waals surface area contributed by atoms with Crippen molar-refractivity contribution in [2.45, 2.75) is 70.1 Å². The zero-order valence-electron chi connectivity index (χ0n) is 27.6. The van der Waals surface area contributed by atoms with Crippen LogP contribution in [0.25, 0.3) is 44.4 Å². The number of β-amino-alcohol motifs (C(OH)–C–C–N with tert-alkyl or cyclic N) is 1. The number of imidazole rings is 2. The number of ether oxygens (including phenoxy) is 1. The van der Waals surface area contributed by atoms with Gasteiger partial charge in [0.05, 0.1) is 43.0 Å². The van der Waals surface area contributed by atoms with E-state index in [2.05, 4.69) is 80.9 Å². The van der Waals surface area contributed by atoms with Gasteiger partial charge in [0.25, 0.3) is 0 Å². The highest BCUT2D eigenvalue weighted by Gasteiger charge is 2.41. The molecule has 0 bridgehead atoms.